The van der Waals surface area contributed by atoms with Gasteiger partial charge in [-0.25, -0.2) is 4.98 Å². The highest BCUT2D eigenvalue weighted by atomic mass is 32.1. The minimum absolute atomic E-state index is 0.116. The molecule has 1 aromatic rings. The van der Waals surface area contributed by atoms with Gasteiger partial charge in [-0.3, -0.25) is 0 Å². The van der Waals surface area contributed by atoms with Crippen LogP contribution in [-0.2, 0) is 12.0 Å². The number of aromatic nitrogens is 1. The van der Waals surface area contributed by atoms with Gasteiger partial charge in [-0.1, -0.05) is 41.0 Å². The van der Waals surface area contributed by atoms with Gasteiger partial charge in [0.1, 0.15) is 0 Å². The number of rotatable bonds is 6. The molecule has 19 heavy (non-hydrogen) atoms. The first kappa shape index (κ1) is 16.6. The van der Waals surface area contributed by atoms with E-state index in [0.717, 1.165) is 18.0 Å². The Morgan fingerprint density at radius 1 is 1.37 bits per heavy atom. The summed E-state index contributed by atoms with van der Waals surface area (Å²) in [6.07, 6.45) is 2.93. The first-order valence-electron chi connectivity index (χ1n) is 7.05. The summed E-state index contributed by atoms with van der Waals surface area (Å²) in [5, 5.41) is 14.8. The summed E-state index contributed by atoms with van der Waals surface area (Å²) in [7, 11) is 0. The number of aliphatic hydroxyl groups is 1. The smallest absolute Gasteiger partial charge is 0.0981 e. The predicted molar refractivity (Wildman–Crippen MR) is 82.6 cm³/mol. The van der Waals surface area contributed by atoms with Crippen LogP contribution in [-0.4, -0.2) is 22.2 Å². The monoisotopic (exact) mass is 284 g/mol. The van der Waals surface area contributed by atoms with Gasteiger partial charge in [-0.05, 0) is 12.8 Å². The van der Waals surface area contributed by atoms with E-state index in [1.807, 2.05) is 13.1 Å². The Kier molecular flexibility index (Phi) is 5.53. The van der Waals surface area contributed by atoms with Gasteiger partial charge in [-0.2, -0.15) is 0 Å². The molecule has 0 aliphatic rings. The first-order chi connectivity index (χ1) is 8.66. The number of nitrogens with zero attached hydrogens (tertiary/aromatic N) is 1. The molecule has 0 radical (unpaired) electrons. The largest absolute Gasteiger partial charge is 0.389 e. The Morgan fingerprint density at radius 3 is 2.47 bits per heavy atom. The van der Waals surface area contributed by atoms with Crippen LogP contribution in [0.1, 0.15) is 57.8 Å². The molecule has 2 unspecified atom stereocenters. The van der Waals surface area contributed by atoms with Crippen LogP contribution in [0.2, 0.25) is 0 Å². The van der Waals surface area contributed by atoms with Gasteiger partial charge in [0.15, 0.2) is 0 Å². The number of nitrogens with one attached hydrogen (secondary N) is 1. The standard InChI is InChI=1S/C15H28N2OS/c1-7-11(2)15(6,18)10-16-8-12-9-17-13(19-12)14(3,4)5/h9,11,16,18H,7-8,10H2,1-6H3. The van der Waals surface area contributed by atoms with Gasteiger partial charge < -0.3 is 10.4 Å². The molecule has 110 valence electrons. The van der Waals surface area contributed by atoms with E-state index in [4.69, 9.17) is 0 Å². The third-order valence-corrected chi connectivity index (χ3v) is 5.07. The molecule has 0 aromatic carbocycles. The summed E-state index contributed by atoms with van der Waals surface area (Å²) in [6, 6.07) is 0. The van der Waals surface area contributed by atoms with Crippen LogP contribution in [0.5, 0.6) is 0 Å². The Morgan fingerprint density at radius 2 is 2.00 bits per heavy atom. The van der Waals surface area contributed by atoms with Crippen LogP contribution in [0.4, 0.5) is 0 Å². The first-order valence-corrected chi connectivity index (χ1v) is 7.86. The Balaban J connectivity index is 2.48. The lowest BCUT2D eigenvalue weighted by Crippen LogP contribution is -2.42. The highest BCUT2D eigenvalue weighted by molar-refractivity contribution is 7.11. The van der Waals surface area contributed by atoms with Crippen molar-refractivity contribution in [2.75, 3.05) is 6.54 Å². The molecule has 2 atom stereocenters. The SMILES string of the molecule is CCC(C)C(C)(O)CNCc1cnc(C(C)(C)C)s1. The van der Waals surface area contributed by atoms with Gasteiger partial charge in [0.2, 0.25) is 0 Å². The zero-order chi connectivity index (χ0) is 14.7. The molecule has 1 aromatic heterocycles. The molecule has 3 nitrogen and oxygen atoms in total. The van der Waals surface area contributed by atoms with Crippen molar-refractivity contribution in [3.8, 4) is 0 Å². The lowest BCUT2D eigenvalue weighted by Gasteiger charge is -2.29. The Hall–Kier alpha value is -0.450. The van der Waals surface area contributed by atoms with Gasteiger partial charge in [0, 0.05) is 29.6 Å². The summed E-state index contributed by atoms with van der Waals surface area (Å²) in [5.41, 5.74) is -0.530. The zero-order valence-corrected chi connectivity index (χ0v) is 13.9. The molecule has 0 aliphatic heterocycles. The molecule has 4 heteroatoms. The molecule has 0 fully saturated rings. The topological polar surface area (TPSA) is 45.1 Å². The Bertz CT molecular complexity index is 393. The summed E-state index contributed by atoms with van der Waals surface area (Å²) >= 11 is 1.75. The molecule has 0 aliphatic carbocycles. The lowest BCUT2D eigenvalue weighted by atomic mass is 9.89. The van der Waals surface area contributed by atoms with Crippen LogP contribution in [0.25, 0.3) is 0 Å². The quantitative estimate of drug-likeness (QED) is 0.842. The maximum atomic E-state index is 10.3. The van der Waals surface area contributed by atoms with Gasteiger partial charge in [0.25, 0.3) is 0 Å². The molecular formula is C15H28N2OS. The maximum absolute atomic E-state index is 10.3. The van der Waals surface area contributed by atoms with Crippen molar-refractivity contribution < 1.29 is 5.11 Å². The number of thiazole rings is 1. The van der Waals surface area contributed by atoms with Gasteiger partial charge in [-0.15, -0.1) is 11.3 Å². The second-order valence-corrected chi connectivity index (χ2v) is 7.77. The molecule has 1 rings (SSSR count). The second-order valence-electron chi connectivity index (χ2n) is 6.65. The van der Waals surface area contributed by atoms with Crippen molar-refractivity contribution in [3.05, 3.63) is 16.1 Å². The Labute approximate surface area is 121 Å². The third kappa shape index (κ3) is 4.86. The fourth-order valence-corrected chi connectivity index (χ4v) is 2.73. The lowest BCUT2D eigenvalue weighted by molar-refractivity contribution is 0.00539. The van der Waals surface area contributed by atoms with Crippen LogP contribution >= 0.6 is 11.3 Å². The van der Waals surface area contributed by atoms with Crippen molar-refractivity contribution in [2.45, 2.75) is 65.5 Å². The van der Waals surface area contributed by atoms with Crippen LogP contribution in [0.15, 0.2) is 6.20 Å². The average Bonchev–Trinajstić information content (AvgIpc) is 2.76. The minimum Gasteiger partial charge on any atom is -0.389 e. The van der Waals surface area contributed by atoms with Crippen LogP contribution in [0.3, 0.4) is 0 Å². The maximum Gasteiger partial charge on any atom is 0.0981 e. The molecule has 0 saturated carbocycles. The van der Waals surface area contributed by atoms with Crippen molar-refractivity contribution in [1.29, 1.82) is 0 Å². The molecule has 0 bridgehead atoms. The van der Waals surface area contributed by atoms with E-state index < -0.39 is 5.60 Å². The van der Waals surface area contributed by atoms with E-state index in [1.54, 1.807) is 11.3 Å². The number of hydrogen-bond donors (Lipinski definition) is 2. The summed E-state index contributed by atoms with van der Waals surface area (Å²) in [5.74, 6) is 0.298. The van der Waals surface area contributed by atoms with Crippen molar-refractivity contribution >= 4 is 11.3 Å². The molecule has 2 N–H and O–H groups in total. The van der Waals surface area contributed by atoms with E-state index in [9.17, 15) is 5.11 Å². The van der Waals surface area contributed by atoms with Crippen LogP contribution in [0, 0.1) is 5.92 Å². The third-order valence-electron chi connectivity index (χ3n) is 3.65. The zero-order valence-electron chi connectivity index (χ0n) is 13.1. The van der Waals surface area contributed by atoms with Crippen LogP contribution < -0.4 is 5.32 Å². The summed E-state index contributed by atoms with van der Waals surface area (Å²) < 4.78 is 0. The van der Waals surface area contributed by atoms with E-state index in [2.05, 4.69) is 44.9 Å². The van der Waals surface area contributed by atoms with Gasteiger partial charge in [0.05, 0.1) is 10.6 Å². The van der Waals surface area contributed by atoms with E-state index in [0.29, 0.717) is 12.5 Å². The van der Waals surface area contributed by atoms with E-state index >= 15 is 0 Å². The fourth-order valence-electron chi connectivity index (χ4n) is 1.79. The molecule has 0 spiro atoms. The summed E-state index contributed by atoms with van der Waals surface area (Å²) in [4.78, 5) is 5.70. The average molecular weight is 284 g/mol. The molecule has 0 saturated heterocycles. The van der Waals surface area contributed by atoms with Crippen molar-refractivity contribution in [2.24, 2.45) is 5.92 Å². The van der Waals surface area contributed by atoms with E-state index in [-0.39, 0.29) is 5.41 Å². The predicted octanol–water partition coefficient (Wildman–Crippen LogP) is 3.33. The normalized spacial score (nSPS) is 17.2. The van der Waals surface area contributed by atoms with E-state index in [1.165, 1.54) is 4.88 Å². The van der Waals surface area contributed by atoms with Crippen molar-refractivity contribution in [1.82, 2.24) is 10.3 Å². The highest BCUT2D eigenvalue weighted by Gasteiger charge is 2.26. The fraction of sp³-hybridized carbons (Fsp3) is 0.800. The minimum atomic E-state index is -0.647. The highest BCUT2D eigenvalue weighted by Crippen LogP contribution is 2.26. The molecular weight excluding hydrogens is 256 g/mol. The second kappa shape index (κ2) is 6.33. The summed E-state index contributed by atoms with van der Waals surface area (Å²) in [6.45, 7) is 14.0. The molecule has 0 amide bonds. The number of hydrogen-bond acceptors (Lipinski definition) is 4. The van der Waals surface area contributed by atoms with Gasteiger partial charge >= 0.3 is 0 Å². The molecule has 1 heterocycles. The van der Waals surface area contributed by atoms with Crippen molar-refractivity contribution in [3.63, 3.8) is 0 Å².